The molecule has 1 aromatic heterocycles. The van der Waals surface area contributed by atoms with Crippen LogP contribution < -0.4 is 5.32 Å². The van der Waals surface area contributed by atoms with E-state index in [2.05, 4.69) is 15.2 Å². The van der Waals surface area contributed by atoms with Gasteiger partial charge in [-0.3, -0.25) is 9.48 Å². The lowest BCUT2D eigenvalue weighted by Crippen LogP contribution is -2.27. The number of hydrogen-bond donors (Lipinski definition) is 1. The summed E-state index contributed by atoms with van der Waals surface area (Å²) in [6.45, 7) is 2.71. The van der Waals surface area contributed by atoms with Gasteiger partial charge in [-0.1, -0.05) is 0 Å². The maximum Gasteiger partial charge on any atom is 0.411 e. The summed E-state index contributed by atoms with van der Waals surface area (Å²) in [6.07, 6.45) is -3.75. The molecule has 1 amide bonds. The highest BCUT2D eigenvalue weighted by molar-refractivity contribution is 5.79. The van der Waals surface area contributed by atoms with E-state index in [9.17, 15) is 18.0 Å². The fourth-order valence-electron chi connectivity index (χ4n) is 1.89. The van der Waals surface area contributed by atoms with Crippen molar-refractivity contribution in [1.29, 1.82) is 0 Å². The van der Waals surface area contributed by atoms with Crippen LogP contribution in [0.4, 0.5) is 13.2 Å². The zero-order valence-corrected chi connectivity index (χ0v) is 12.4. The molecule has 1 rings (SSSR count). The van der Waals surface area contributed by atoms with Gasteiger partial charge in [-0.05, 0) is 20.3 Å². The van der Waals surface area contributed by atoms with Crippen LogP contribution in [0.15, 0.2) is 0 Å². The molecule has 1 heterocycles. The van der Waals surface area contributed by atoms with E-state index >= 15 is 0 Å². The molecule has 1 N–H and O–H groups in total. The fraction of sp³-hybridized carbons (Fsp3) is 0.692. The molecule has 0 atom stereocenters. The van der Waals surface area contributed by atoms with Crippen molar-refractivity contribution < 1.29 is 22.7 Å². The van der Waals surface area contributed by atoms with Gasteiger partial charge in [0.1, 0.15) is 6.61 Å². The number of aryl methyl sites for hydroxylation is 2. The van der Waals surface area contributed by atoms with Crippen LogP contribution in [0.1, 0.15) is 23.4 Å². The Morgan fingerprint density at radius 1 is 1.38 bits per heavy atom. The minimum atomic E-state index is -4.31. The van der Waals surface area contributed by atoms with Crippen molar-refractivity contribution in [3.8, 4) is 0 Å². The number of rotatable bonds is 7. The van der Waals surface area contributed by atoms with Gasteiger partial charge in [-0.25, -0.2) is 0 Å². The highest BCUT2D eigenvalue weighted by Crippen LogP contribution is 2.14. The normalized spacial score (nSPS) is 11.7. The van der Waals surface area contributed by atoms with Gasteiger partial charge in [-0.15, -0.1) is 0 Å². The Bertz CT molecular complexity index is 484. The van der Waals surface area contributed by atoms with Crippen molar-refractivity contribution in [1.82, 2.24) is 15.1 Å². The Morgan fingerprint density at radius 2 is 2.05 bits per heavy atom. The minimum Gasteiger partial charge on any atom is -0.372 e. The van der Waals surface area contributed by atoms with Gasteiger partial charge in [0, 0.05) is 31.5 Å². The summed E-state index contributed by atoms with van der Waals surface area (Å²) in [7, 11) is 1.81. The summed E-state index contributed by atoms with van der Waals surface area (Å²) in [6, 6.07) is 0. The van der Waals surface area contributed by atoms with E-state index in [0.29, 0.717) is 6.42 Å². The predicted octanol–water partition coefficient (Wildman–Crippen LogP) is 1.66. The van der Waals surface area contributed by atoms with Crippen LogP contribution in [0.3, 0.4) is 0 Å². The van der Waals surface area contributed by atoms with Crippen LogP contribution in [0, 0.1) is 13.8 Å². The molecular formula is C13H20F3N3O2. The molecule has 0 saturated heterocycles. The van der Waals surface area contributed by atoms with Crippen molar-refractivity contribution in [2.45, 2.75) is 32.9 Å². The summed E-state index contributed by atoms with van der Waals surface area (Å²) in [5.41, 5.74) is 2.61. The lowest BCUT2D eigenvalue weighted by molar-refractivity contribution is -0.174. The standard InChI is InChI=1S/C13H20F3N3O2/c1-9-11(10(2)19(3)18-9)7-12(20)17-5-4-6-21-8-13(14,15)16/h4-8H2,1-3H3,(H,17,20). The first-order valence-corrected chi connectivity index (χ1v) is 6.61. The zero-order valence-electron chi connectivity index (χ0n) is 12.4. The predicted molar refractivity (Wildman–Crippen MR) is 70.9 cm³/mol. The molecule has 0 radical (unpaired) electrons. The highest BCUT2D eigenvalue weighted by Gasteiger charge is 2.27. The van der Waals surface area contributed by atoms with E-state index in [0.717, 1.165) is 17.0 Å². The lowest BCUT2D eigenvalue weighted by Gasteiger charge is -2.08. The lowest BCUT2D eigenvalue weighted by atomic mass is 10.1. The number of ether oxygens (including phenoxy) is 1. The number of nitrogens with zero attached hydrogens (tertiary/aromatic N) is 2. The third kappa shape index (κ3) is 6.16. The molecule has 0 aromatic carbocycles. The first-order valence-electron chi connectivity index (χ1n) is 6.61. The fourth-order valence-corrected chi connectivity index (χ4v) is 1.89. The SMILES string of the molecule is Cc1nn(C)c(C)c1CC(=O)NCCCOCC(F)(F)F. The molecular weight excluding hydrogens is 287 g/mol. The molecule has 0 aliphatic carbocycles. The highest BCUT2D eigenvalue weighted by atomic mass is 19.4. The van der Waals surface area contributed by atoms with E-state index in [4.69, 9.17) is 0 Å². The third-order valence-electron chi connectivity index (χ3n) is 3.05. The molecule has 0 saturated carbocycles. The Balaban J connectivity index is 2.23. The van der Waals surface area contributed by atoms with Gasteiger partial charge in [0.15, 0.2) is 0 Å². The van der Waals surface area contributed by atoms with Crippen LogP contribution in [0.5, 0.6) is 0 Å². The van der Waals surface area contributed by atoms with E-state index in [1.807, 2.05) is 20.9 Å². The summed E-state index contributed by atoms with van der Waals surface area (Å²) in [5.74, 6) is -0.176. The van der Waals surface area contributed by atoms with Crippen molar-refractivity contribution in [2.24, 2.45) is 7.05 Å². The molecule has 0 aliphatic heterocycles. The zero-order chi connectivity index (χ0) is 16.0. The molecule has 0 unspecified atom stereocenters. The van der Waals surface area contributed by atoms with Crippen molar-refractivity contribution in [3.05, 3.63) is 17.0 Å². The first-order chi connectivity index (χ1) is 9.70. The Hall–Kier alpha value is -1.57. The molecule has 120 valence electrons. The van der Waals surface area contributed by atoms with Crippen LogP contribution in [0.25, 0.3) is 0 Å². The summed E-state index contributed by atoms with van der Waals surface area (Å²) in [4.78, 5) is 11.7. The van der Waals surface area contributed by atoms with Crippen LogP contribution in [0.2, 0.25) is 0 Å². The largest absolute Gasteiger partial charge is 0.411 e. The summed E-state index contributed by atoms with van der Waals surface area (Å²) < 4.78 is 41.6. The number of alkyl halides is 3. The average Bonchev–Trinajstić information content (AvgIpc) is 2.59. The second-order valence-corrected chi connectivity index (χ2v) is 4.82. The molecule has 1 aromatic rings. The molecule has 21 heavy (non-hydrogen) atoms. The Kier molecular flexibility index (Phi) is 6.19. The van der Waals surface area contributed by atoms with Crippen molar-refractivity contribution in [3.63, 3.8) is 0 Å². The van der Waals surface area contributed by atoms with Gasteiger partial charge in [-0.2, -0.15) is 18.3 Å². The smallest absolute Gasteiger partial charge is 0.372 e. The second kappa shape index (κ2) is 7.44. The minimum absolute atomic E-state index is 0.0370. The number of nitrogens with one attached hydrogen (secondary N) is 1. The molecule has 5 nitrogen and oxygen atoms in total. The Morgan fingerprint density at radius 3 is 2.57 bits per heavy atom. The maximum atomic E-state index is 11.8. The van der Waals surface area contributed by atoms with Crippen LogP contribution in [-0.2, 0) is 23.0 Å². The molecule has 8 heteroatoms. The van der Waals surface area contributed by atoms with Gasteiger partial charge < -0.3 is 10.1 Å². The van der Waals surface area contributed by atoms with E-state index < -0.39 is 12.8 Å². The molecule has 0 fully saturated rings. The van der Waals surface area contributed by atoms with Crippen molar-refractivity contribution in [2.75, 3.05) is 19.8 Å². The van der Waals surface area contributed by atoms with Crippen molar-refractivity contribution >= 4 is 5.91 Å². The van der Waals surface area contributed by atoms with E-state index in [1.165, 1.54) is 0 Å². The Labute approximate surface area is 121 Å². The number of halogens is 3. The number of carbonyl (C=O) groups excluding carboxylic acids is 1. The number of aromatic nitrogens is 2. The van der Waals surface area contributed by atoms with Crippen LogP contribution in [-0.4, -0.2) is 41.6 Å². The summed E-state index contributed by atoms with van der Waals surface area (Å²) >= 11 is 0. The van der Waals surface area contributed by atoms with Gasteiger partial charge >= 0.3 is 6.18 Å². The second-order valence-electron chi connectivity index (χ2n) is 4.82. The van der Waals surface area contributed by atoms with Gasteiger partial charge in [0.25, 0.3) is 0 Å². The number of carbonyl (C=O) groups is 1. The molecule has 0 bridgehead atoms. The molecule has 0 aliphatic rings. The number of hydrogen-bond acceptors (Lipinski definition) is 3. The topological polar surface area (TPSA) is 56.2 Å². The molecule has 0 spiro atoms. The third-order valence-corrected chi connectivity index (χ3v) is 3.05. The summed E-state index contributed by atoms with van der Waals surface area (Å²) in [5, 5.41) is 6.87. The monoisotopic (exact) mass is 307 g/mol. The average molecular weight is 307 g/mol. The van der Waals surface area contributed by atoms with Gasteiger partial charge in [0.2, 0.25) is 5.91 Å². The van der Waals surface area contributed by atoms with Gasteiger partial charge in [0.05, 0.1) is 12.1 Å². The van der Waals surface area contributed by atoms with E-state index in [1.54, 1.807) is 4.68 Å². The first kappa shape index (κ1) is 17.5. The van der Waals surface area contributed by atoms with Crippen LogP contribution >= 0.6 is 0 Å². The number of amides is 1. The quantitative estimate of drug-likeness (QED) is 0.780. The maximum absolute atomic E-state index is 11.8. The van der Waals surface area contributed by atoms with E-state index in [-0.39, 0.29) is 25.5 Å².